The SMILES string of the molecule is CSC1(CNS(=O)(=O)c2cc(N)ccc2F)CC1. The van der Waals surface area contributed by atoms with Crippen LogP contribution in [0, 0.1) is 5.82 Å². The molecule has 0 radical (unpaired) electrons. The fourth-order valence-corrected chi connectivity index (χ4v) is 3.68. The van der Waals surface area contributed by atoms with Gasteiger partial charge in [0.05, 0.1) is 0 Å². The van der Waals surface area contributed by atoms with Crippen LogP contribution < -0.4 is 10.5 Å². The van der Waals surface area contributed by atoms with Crippen molar-refractivity contribution in [2.24, 2.45) is 0 Å². The molecule has 0 heterocycles. The Morgan fingerprint density at radius 3 is 2.72 bits per heavy atom. The Balaban J connectivity index is 2.18. The van der Waals surface area contributed by atoms with Crippen LogP contribution in [0.2, 0.25) is 0 Å². The minimum absolute atomic E-state index is 0.0100. The number of nitrogen functional groups attached to an aromatic ring is 1. The van der Waals surface area contributed by atoms with E-state index in [0.717, 1.165) is 25.0 Å². The van der Waals surface area contributed by atoms with Crippen LogP contribution >= 0.6 is 11.8 Å². The molecule has 7 heteroatoms. The van der Waals surface area contributed by atoms with E-state index in [0.29, 0.717) is 6.54 Å². The van der Waals surface area contributed by atoms with E-state index in [1.165, 1.54) is 6.07 Å². The summed E-state index contributed by atoms with van der Waals surface area (Å²) in [4.78, 5) is -0.389. The lowest BCUT2D eigenvalue weighted by molar-refractivity contribution is 0.556. The zero-order valence-electron chi connectivity index (χ0n) is 9.94. The van der Waals surface area contributed by atoms with Crippen molar-refractivity contribution in [3.63, 3.8) is 0 Å². The van der Waals surface area contributed by atoms with Crippen LogP contribution in [0.1, 0.15) is 12.8 Å². The molecule has 1 aliphatic rings. The van der Waals surface area contributed by atoms with Gasteiger partial charge >= 0.3 is 0 Å². The molecule has 3 N–H and O–H groups in total. The number of anilines is 1. The number of thioether (sulfide) groups is 1. The Morgan fingerprint density at radius 1 is 1.50 bits per heavy atom. The molecule has 0 aromatic heterocycles. The van der Waals surface area contributed by atoms with Crippen LogP contribution in [0.15, 0.2) is 23.1 Å². The highest BCUT2D eigenvalue weighted by molar-refractivity contribution is 8.00. The summed E-state index contributed by atoms with van der Waals surface area (Å²) in [6.45, 7) is 0.324. The quantitative estimate of drug-likeness (QED) is 0.808. The molecule has 0 bridgehead atoms. The lowest BCUT2D eigenvalue weighted by Crippen LogP contribution is -2.32. The van der Waals surface area contributed by atoms with Crippen molar-refractivity contribution in [3.05, 3.63) is 24.0 Å². The standard InChI is InChI=1S/C11H15FN2O2S2/c1-17-11(4-5-11)7-14-18(15,16)10-6-8(13)2-3-9(10)12/h2-3,6,14H,4-5,7,13H2,1H3. The second-order valence-electron chi connectivity index (χ2n) is 4.40. The molecule has 0 amide bonds. The van der Waals surface area contributed by atoms with Gasteiger partial charge in [0.2, 0.25) is 10.0 Å². The Kier molecular flexibility index (Phi) is 3.57. The third kappa shape index (κ3) is 2.78. The van der Waals surface area contributed by atoms with E-state index < -0.39 is 15.8 Å². The second kappa shape index (κ2) is 4.71. The molecule has 18 heavy (non-hydrogen) atoms. The normalized spacial score (nSPS) is 17.7. The summed E-state index contributed by atoms with van der Waals surface area (Å²) in [6.07, 6.45) is 3.91. The van der Waals surface area contributed by atoms with E-state index in [1.807, 2.05) is 6.26 Å². The summed E-state index contributed by atoms with van der Waals surface area (Å²) in [7, 11) is -3.84. The van der Waals surface area contributed by atoms with E-state index in [1.54, 1.807) is 11.8 Å². The monoisotopic (exact) mass is 290 g/mol. The van der Waals surface area contributed by atoms with Crippen LogP contribution in [0.25, 0.3) is 0 Å². The van der Waals surface area contributed by atoms with Gasteiger partial charge in [0.15, 0.2) is 0 Å². The van der Waals surface area contributed by atoms with Gasteiger partial charge in [-0.15, -0.1) is 0 Å². The largest absolute Gasteiger partial charge is 0.399 e. The van der Waals surface area contributed by atoms with Crippen molar-refractivity contribution in [3.8, 4) is 0 Å². The van der Waals surface area contributed by atoms with Crippen LogP contribution in [0.3, 0.4) is 0 Å². The molecule has 0 atom stereocenters. The minimum atomic E-state index is -3.84. The number of nitrogens with two attached hydrogens (primary N) is 1. The number of nitrogens with one attached hydrogen (secondary N) is 1. The van der Waals surface area contributed by atoms with E-state index in [9.17, 15) is 12.8 Å². The number of hydrogen-bond donors (Lipinski definition) is 2. The number of sulfonamides is 1. The molecular formula is C11H15FN2O2S2. The number of rotatable bonds is 5. The first kappa shape index (κ1) is 13.6. The summed E-state index contributed by atoms with van der Waals surface area (Å²) in [6, 6.07) is 3.53. The number of benzene rings is 1. The van der Waals surface area contributed by atoms with Gasteiger partial charge in [-0.2, -0.15) is 11.8 Å². The van der Waals surface area contributed by atoms with Crippen LogP contribution in [0.5, 0.6) is 0 Å². The van der Waals surface area contributed by atoms with E-state index in [4.69, 9.17) is 5.73 Å². The van der Waals surface area contributed by atoms with Crippen molar-refractivity contribution in [2.75, 3.05) is 18.5 Å². The van der Waals surface area contributed by atoms with E-state index >= 15 is 0 Å². The highest BCUT2D eigenvalue weighted by Gasteiger charge is 2.42. The average molecular weight is 290 g/mol. The van der Waals surface area contributed by atoms with Crippen molar-refractivity contribution >= 4 is 27.5 Å². The third-order valence-corrected chi connectivity index (χ3v) is 5.90. The maximum Gasteiger partial charge on any atom is 0.243 e. The fraction of sp³-hybridized carbons (Fsp3) is 0.455. The van der Waals surface area contributed by atoms with Crippen molar-refractivity contribution in [2.45, 2.75) is 22.5 Å². The lowest BCUT2D eigenvalue weighted by atomic mass is 10.3. The smallest absolute Gasteiger partial charge is 0.243 e. The summed E-state index contributed by atoms with van der Waals surface area (Å²) < 4.78 is 39.9. The molecule has 1 fully saturated rings. The van der Waals surface area contributed by atoms with E-state index in [2.05, 4.69) is 4.72 Å². The van der Waals surface area contributed by atoms with Gasteiger partial charge < -0.3 is 5.73 Å². The van der Waals surface area contributed by atoms with Gasteiger partial charge in [0.1, 0.15) is 10.7 Å². The summed E-state index contributed by atoms with van der Waals surface area (Å²) >= 11 is 1.64. The topological polar surface area (TPSA) is 72.2 Å². The Hall–Kier alpha value is -0.790. The van der Waals surface area contributed by atoms with Gasteiger partial charge in [0.25, 0.3) is 0 Å². The Morgan fingerprint density at radius 2 is 2.17 bits per heavy atom. The summed E-state index contributed by atoms with van der Waals surface area (Å²) in [5, 5.41) is 0. The zero-order chi connectivity index (χ0) is 13.4. The maximum atomic E-state index is 13.5. The fourth-order valence-electron chi connectivity index (χ4n) is 1.62. The van der Waals surface area contributed by atoms with Crippen LogP contribution in [-0.2, 0) is 10.0 Å². The second-order valence-corrected chi connectivity index (χ2v) is 7.41. The van der Waals surface area contributed by atoms with Gasteiger partial charge in [-0.25, -0.2) is 17.5 Å². The molecular weight excluding hydrogens is 275 g/mol. The maximum absolute atomic E-state index is 13.5. The lowest BCUT2D eigenvalue weighted by Gasteiger charge is -2.14. The van der Waals surface area contributed by atoms with Gasteiger partial charge in [0, 0.05) is 17.0 Å². The highest BCUT2D eigenvalue weighted by Crippen LogP contribution is 2.46. The first-order chi connectivity index (χ1) is 8.38. The predicted molar refractivity (Wildman–Crippen MR) is 71.5 cm³/mol. The minimum Gasteiger partial charge on any atom is -0.399 e. The molecule has 1 aromatic carbocycles. The van der Waals surface area contributed by atoms with Crippen LogP contribution in [-0.4, -0.2) is 26.0 Å². The van der Waals surface area contributed by atoms with Gasteiger partial charge in [-0.05, 0) is 37.3 Å². The van der Waals surface area contributed by atoms with Crippen LogP contribution in [0.4, 0.5) is 10.1 Å². The summed E-state index contributed by atoms with van der Waals surface area (Å²) in [5.41, 5.74) is 5.71. The highest BCUT2D eigenvalue weighted by atomic mass is 32.2. The molecule has 1 aliphatic carbocycles. The predicted octanol–water partition coefficient (Wildman–Crippen LogP) is 1.58. The van der Waals surface area contributed by atoms with Crippen molar-refractivity contribution in [1.29, 1.82) is 0 Å². The first-order valence-corrected chi connectivity index (χ1v) is 8.19. The number of halogens is 1. The Bertz CT molecular complexity index is 556. The van der Waals surface area contributed by atoms with Gasteiger partial charge in [-0.3, -0.25) is 0 Å². The average Bonchev–Trinajstić information content (AvgIpc) is 3.11. The molecule has 2 rings (SSSR count). The molecule has 0 unspecified atom stereocenters. The third-order valence-electron chi connectivity index (χ3n) is 3.07. The molecule has 0 saturated heterocycles. The zero-order valence-corrected chi connectivity index (χ0v) is 11.6. The number of hydrogen-bond acceptors (Lipinski definition) is 4. The summed E-state index contributed by atoms with van der Waals surface area (Å²) in [5.74, 6) is -0.786. The Labute approximate surface area is 110 Å². The molecule has 1 saturated carbocycles. The van der Waals surface area contributed by atoms with Gasteiger partial charge in [-0.1, -0.05) is 0 Å². The molecule has 0 aliphatic heterocycles. The molecule has 0 spiro atoms. The first-order valence-electron chi connectivity index (χ1n) is 5.48. The van der Waals surface area contributed by atoms with Crippen molar-refractivity contribution < 1.29 is 12.8 Å². The molecule has 100 valence electrons. The van der Waals surface area contributed by atoms with E-state index in [-0.39, 0.29) is 15.3 Å². The molecule has 1 aromatic rings. The van der Waals surface area contributed by atoms with Crippen molar-refractivity contribution in [1.82, 2.24) is 4.72 Å². The molecule has 4 nitrogen and oxygen atoms in total.